The fourth-order valence-corrected chi connectivity index (χ4v) is 4.10. The normalized spacial score (nSPS) is 16.9. The van der Waals surface area contributed by atoms with Gasteiger partial charge in [0.15, 0.2) is 0 Å². The lowest BCUT2D eigenvalue weighted by molar-refractivity contribution is 0.901. The van der Waals surface area contributed by atoms with Crippen LogP contribution in [0.1, 0.15) is 11.6 Å². The van der Waals surface area contributed by atoms with E-state index >= 15 is 0 Å². The SMILES string of the molecule is Clc1ccc(NC2CSc3ccccc32)c2ncccc12. The number of anilines is 1. The zero-order valence-corrected chi connectivity index (χ0v) is 12.8. The molecule has 1 atom stereocenters. The Kier molecular flexibility index (Phi) is 3.24. The molecule has 0 bridgehead atoms. The van der Waals surface area contributed by atoms with Crippen molar-refractivity contribution in [1.82, 2.24) is 4.98 Å². The molecule has 1 aliphatic rings. The number of nitrogens with zero attached hydrogens (tertiary/aromatic N) is 1. The smallest absolute Gasteiger partial charge is 0.0948 e. The van der Waals surface area contributed by atoms with Crippen LogP contribution in [0.3, 0.4) is 0 Å². The third-order valence-corrected chi connectivity index (χ3v) is 5.26. The molecule has 1 N–H and O–H groups in total. The summed E-state index contributed by atoms with van der Waals surface area (Å²) in [7, 11) is 0. The van der Waals surface area contributed by atoms with Gasteiger partial charge in [0, 0.05) is 22.2 Å². The van der Waals surface area contributed by atoms with Crippen LogP contribution in [0.15, 0.2) is 59.6 Å². The van der Waals surface area contributed by atoms with Gasteiger partial charge in [-0.1, -0.05) is 29.8 Å². The zero-order chi connectivity index (χ0) is 14.2. The fourth-order valence-electron chi connectivity index (χ4n) is 2.72. The topological polar surface area (TPSA) is 24.9 Å². The summed E-state index contributed by atoms with van der Waals surface area (Å²) in [5.74, 6) is 1.04. The van der Waals surface area contributed by atoms with E-state index in [1.54, 1.807) is 6.20 Å². The minimum absolute atomic E-state index is 0.317. The summed E-state index contributed by atoms with van der Waals surface area (Å²) in [4.78, 5) is 5.85. The van der Waals surface area contributed by atoms with Crippen molar-refractivity contribution in [2.24, 2.45) is 0 Å². The van der Waals surface area contributed by atoms with E-state index in [0.717, 1.165) is 27.4 Å². The number of aromatic nitrogens is 1. The van der Waals surface area contributed by atoms with Crippen molar-refractivity contribution in [3.8, 4) is 0 Å². The number of thioether (sulfide) groups is 1. The molecule has 0 spiro atoms. The molecule has 104 valence electrons. The highest BCUT2D eigenvalue weighted by atomic mass is 35.5. The van der Waals surface area contributed by atoms with Gasteiger partial charge in [-0.25, -0.2) is 0 Å². The maximum Gasteiger partial charge on any atom is 0.0948 e. The minimum atomic E-state index is 0.317. The van der Waals surface area contributed by atoms with Gasteiger partial charge in [0.05, 0.1) is 22.3 Å². The molecular formula is C17H13ClN2S. The predicted molar refractivity (Wildman–Crippen MR) is 90.3 cm³/mol. The Morgan fingerprint density at radius 1 is 1.10 bits per heavy atom. The van der Waals surface area contributed by atoms with Crippen molar-refractivity contribution in [3.05, 3.63) is 65.3 Å². The second kappa shape index (κ2) is 5.24. The number of halogens is 1. The molecule has 1 unspecified atom stereocenters. The first-order valence-electron chi connectivity index (χ1n) is 6.84. The van der Waals surface area contributed by atoms with E-state index in [1.165, 1.54) is 10.5 Å². The number of rotatable bonds is 2. The average molecular weight is 313 g/mol. The van der Waals surface area contributed by atoms with Crippen LogP contribution >= 0.6 is 23.4 Å². The van der Waals surface area contributed by atoms with Gasteiger partial charge in [-0.3, -0.25) is 4.98 Å². The van der Waals surface area contributed by atoms with Crippen molar-refractivity contribution in [2.45, 2.75) is 10.9 Å². The average Bonchev–Trinajstić information content (AvgIpc) is 2.94. The van der Waals surface area contributed by atoms with Crippen LogP contribution < -0.4 is 5.32 Å². The third kappa shape index (κ3) is 2.27. The Morgan fingerprint density at radius 2 is 2.00 bits per heavy atom. The number of pyridine rings is 1. The molecule has 0 saturated heterocycles. The van der Waals surface area contributed by atoms with Crippen molar-refractivity contribution >= 4 is 40.0 Å². The van der Waals surface area contributed by atoms with Gasteiger partial charge in [-0.15, -0.1) is 11.8 Å². The first kappa shape index (κ1) is 13.0. The molecule has 21 heavy (non-hydrogen) atoms. The van der Waals surface area contributed by atoms with Crippen molar-refractivity contribution in [2.75, 3.05) is 11.1 Å². The molecule has 2 nitrogen and oxygen atoms in total. The molecule has 0 amide bonds. The van der Waals surface area contributed by atoms with Crippen LogP contribution in [0.25, 0.3) is 10.9 Å². The fraction of sp³-hybridized carbons (Fsp3) is 0.118. The molecule has 0 radical (unpaired) electrons. The molecule has 0 saturated carbocycles. The van der Waals surface area contributed by atoms with E-state index in [1.807, 2.05) is 36.0 Å². The molecule has 2 aromatic carbocycles. The van der Waals surface area contributed by atoms with E-state index in [2.05, 4.69) is 34.6 Å². The standard InChI is InChI=1S/C17H13ClN2S/c18-13-7-8-14(17-11(13)5-3-9-19-17)20-15-10-21-16-6-2-1-4-12(15)16/h1-9,15,20H,10H2. The molecule has 1 aromatic heterocycles. The monoisotopic (exact) mass is 312 g/mol. The second-order valence-electron chi connectivity index (χ2n) is 5.04. The number of hydrogen-bond acceptors (Lipinski definition) is 3. The largest absolute Gasteiger partial charge is 0.376 e. The van der Waals surface area contributed by atoms with Crippen molar-refractivity contribution in [1.29, 1.82) is 0 Å². The Balaban J connectivity index is 1.75. The molecule has 4 rings (SSSR count). The summed E-state index contributed by atoms with van der Waals surface area (Å²) < 4.78 is 0. The summed E-state index contributed by atoms with van der Waals surface area (Å²) in [6.45, 7) is 0. The molecule has 2 heterocycles. The van der Waals surface area contributed by atoms with E-state index in [-0.39, 0.29) is 0 Å². The Hall–Kier alpha value is -1.71. The number of benzene rings is 2. The lowest BCUT2D eigenvalue weighted by atomic mass is 10.1. The maximum absolute atomic E-state index is 6.25. The van der Waals surface area contributed by atoms with E-state index in [4.69, 9.17) is 11.6 Å². The van der Waals surface area contributed by atoms with E-state index in [0.29, 0.717) is 6.04 Å². The second-order valence-corrected chi connectivity index (χ2v) is 6.51. The van der Waals surface area contributed by atoms with Crippen LogP contribution in [0.5, 0.6) is 0 Å². The highest BCUT2D eigenvalue weighted by Gasteiger charge is 2.23. The van der Waals surface area contributed by atoms with Gasteiger partial charge in [0.25, 0.3) is 0 Å². The first-order chi connectivity index (χ1) is 10.3. The Labute approximate surface area is 132 Å². The lowest BCUT2D eigenvalue weighted by Crippen LogP contribution is -2.10. The van der Waals surface area contributed by atoms with Gasteiger partial charge in [-0.2, -0.15) is 0 Å². The van der Waals surface area contributed by atoms with Gasteiger partial charge >= 0.3 is 0 Å². The summed E-state index contributed by atoms with van der Waals surface area (Å²) in [5.41, 5.74) is 3.33. The zero-order valence-electron chi connectivity index (χ0n) is 11.2. The first-order valence-corrected chi connectivity index (χ1v) is 8.21. The predicted octanol–water partition coefficient (Wildman–Crippen LogP) is 5.15. The minimum Gasteiger partial charge on any atom is -0.376 e. The van der Waals surface area contributed by atoms with Crippen LogP contribution in [-0.2, 0) is 0 Å². The molecule has 0 aliphatic carbocycles. The number of fused-ring (bicyclic) bond motifs is 2. The maximum atomic E-state index is 6.25. The number of hydrogen-bond donors (Lipinski definition) is 1. The Morgan fingerprint density at radius 3 is 2.95 bits per heavy atom. The summed E-state index contributed by atoms with van der Waals surface area (Å²) in [6.07, 6.45) is 1.81. The quantitative estimate of drug-likeness (QED) is 0.708. The molecule has 0 fully saturated rings. The highest BCUT2D eigenvalue weighted by molar-refractivity contribution is 7.99. The molecule has 3 aromatic rings. The molecular weight excluding hydrogens is 300 g/mol. The number of nitrogens with one attached hydrogen (secondary N) is 1. The highest BCUT2D eigenvalue weighted by Crippen LogP contribution is 2.40. The van der Waals surface area contributed by atoms with Crippen LogP contribution in [0, 0.1) is 0 Å². The van der Waals surface area contributed by atoms with Gasteiger partial charge < -0.3 is 5.32 Å². The van der Waals surface area contributed by atoms with Gasteiger partial charge in [0.2, 0.25) is 0 Å². The van der Waals surface area contributed by atoms with Gasteiger partial charge in [0.1, 0.15) is 0 Å². The third-order valence-electron chi connectivity index (χ3n) is 3.75. The van der Waals surface area contributed by atoms with Crippen molar-refractivity contribution < 1.29 is 0 Å². The van der Waals surface area contributed by atoms with Gasteiger partial charge in [-0.05, 0) is 35.9 Å². The molecule has 1 aliphatic heterocycles. The Bertz CT molecular complexity index is 819. The molecule has 4 heteroatoms. The van der Waals surface area contributed by atoms with Crippen LogP contribution in [0.2, 0.25) is 5.02 Å². The van der Waals surface area contributed by atoms with E-state index in [9.17, 15) is 0 Å². The van der Waals surface area contributed by atoms with Crippen LogP contribution in [0.4, 0.5) is 5.69 Å². The summed E-state index contributed by atoms with van der Waals surface area (Å²) in [5, 5.41) is 5.35. The van der Waals surface area contributed by atoms with Crippen LogP contribution in [-0.4, -0.2) is 10.7 Å². The summed E-state index contributed by atoms with van der Waals surface area (Å²) >= 11 is 8.15. The summed E-state index contributed by atoms with van der Waals surface area (Å²) in [6, 6.07) is 16.7. The van der Waals surface area contributed by atoms with Crippen molar-refractivity contribution in [3.63, 3.8) is 0 Å². The lowest BCUT2D eigenvalue weighted by Gasteiger charge is -2.16. The van der Waals surface area contributed by atoms with E-state index < -0.39 is 0 Å².